The highest BCUT2D eigenvalue weighted by Gasteiger charge is 2.49. The van der Waals surface area contributed by atoms with Crippen LogP contribution in [0.5, 0.6) is 0 Å². The van der Waals surface area contributed by atoms with Crippen molar-refractivity contribution < 1.29 is 9.59 Å². The van der Waals surface area contributed by atoms with Crippen LogP contribution in [0.4, 0.5) is 0 Å². The lowest BCUT2D eigenvalue weighted by atomic mass is 10.0. The van der Waals surface area contributed by atoms with Crippen LogP contribution >= 0.6 is 15.9 Å². The summed E-state index contributed by atoms with van der Waals surface area (Å²) in [5, 5.41) is 1.82. The number of halogens is 1. The van der Waals surface area contributed by atoms with E-state index in [-0.39, 0.29) is 10.8 Å². The highest BCUT2D eigenvalue weighted by Crippen LogP contribution is 2.40. The third-order valence-electron chi connectivity index (χ3n) is 5.26. The van der Waals surface area contributed by atoms with E-state index in [0.29, 0.717) is 12.8 Å². The molecule has 2 rings (SSSR count). The Morgan fingerprint density at radius 3 is 1.93 bits per heavy atom. The highest BCUT2D eigenvalue weighted by atomic mass is 79.9. The van der Waals surface area contributed by atoms with Crippen molar-refractivity contribution in [3.63, 3.8) is 0 Å². The van der Waals surface area contributed by atoms with Gasteiger partial charge in [-0.1, -0.05) is 103 Å². The van der Waals surface area contributed by atoms with E-state index in [1.165, 1.54) is 0 Å². The van der Waals surface area contributed by atoms with Gasteiger partial charge >= 0.3 is 0 Å². The van der Waals surface area contributed by atoms with Gasteiger partial charge in [0.25, 0.3) is 8.32 Å². The van der Waals surface area contributed by atoms with Crippen LogP contribution in [0.25, 0.3) is 0 Å². The zero-order valence-corrected chi connectivity index (χ0v) is 18.8. The van der Waals surface area contributed by atoms with Crippen LogP contribution in [0.3, 0.4) is 0 Å². The summed E-state index contributed by atoms with van der Waals surface area (Å²) in [4.78, 5) is 23.9. The van der Waals surface area contributed by atoms with Crippen molar-refractivity contribution in [1.82, 2.24) is 0 Å². The normalized spacial score (nSPS) is 12.0. The maximum atomic E-state index is 12.1. The Hall–Kier alpha value is -1.49. The van der Waals surface area contributed by atoms with Gasteiger partial charge in [0.05, 0.1) is 0 Å². The van der Waals surface area contributed by atoms with Gasteiger partial charge in [0, 0.05) is 12.8 Å². The molecule has 1 N–H and O–H groups in total. The van der Waals surface area contributed by atoms with Crippen LogP contribution in [0.1, 0.15) is 46.0 Å². The third kappa shape index (κ3) is 5.50. The Labute approximate surface area is 172 Å². The largest absolute Gasteiger partial charge is 0.424 e. The lowest BCUT2D eigenvalue weighted by Gasteiger charge is -2.41. The van der Waals surface area contributed by atoms with E-state index in [1.54, 1.807) is 0 Å². The number of ketones is 1. The summed E-state index contributed by atoms with van der Waals surface area (Å²) in [5.41, 5.74) is 0. The number of Topliss-reactive ketones (excluding diaryl/α,β-unsaturated/α-hetero) is 1. The highest BCUT2D eigenvalue weighted by molar-refractivity contribution is 9.11. The summed E-state index contributed by atoms with van der Waals surface area (Å²) < 4.78 is 0.739. The lowest BCUT2D eigenvalue weighted by Crippen LogP contribution is -2.65. The van der Waals surface area contributed by atoms with Gasteiger partial charge in [-0.15, -0.1) is 0 Å². The van der Waals surface area contributed by atoms with Crippen molar-refractivity contribution in [2.24, 2.45) is 0 Å². The molecule has 2 nitrogen and oxygen atoms in total. The molecule has 0 amide bonds. The second-order valence-corrected chi connectivity index (χ2v) is 12.8. The molecule has 0 unspecified atom stereocenters. The predicted molar refractivity (Wildman–Crippen MR) is 120 cm³/mol. The summed E-state index contributed by atoms with van der Waals surface area (Å²) >= 11 is 3.25. The molecule has 0 aliphatic rings. The number of allylic oxidation sites excluding steroid dienone is 1. The third-order valence-corrected chi connectivity index (χ3v) is 10.1. The maximum absolute atomic E-state index is 12.1. The van der Waals surface area contributed by atoms with Crippen molar-refractivity contribution in [1.29, 1.82) is 0 Å². The van der Waals surface area contributed by atoms with Crippen molar-refractivity contribution in [2.45, 2.75) is 51.0 Å². The second-order valence-electron chi connectivity index (χ2n) is 7.77. The molecule has 2 aromatic carbocycles. The number of hydrogen-bond donors (Lipinski definition) is 1. The van der Waals surface area contributed by atoms with Gasteiger partial charge in [-0.3, -0.25) is 4.79 Å². The number of rotatable bonds is 10. The molecule has 0 spiro atoms. The van der Waals surface area contributed by atoms with Crippen molar-refractivity contribution >= 4 is 40.4 Å². The number of benzene rings is 2. The summed E-state index contributed by atoms with van der Waals surface area (Å²) in [6, 6.07) is 20.2. The first-order valence-corrected chi connectivity index (χ1v) is 12.2. The maximum Gasteiger partial charge on any atom is 0.258 e. The standard InChI is InChI=1S/C23H29BrO2Si/c1-19(24)18-20(25)12-10-11-17-23(2,3)27(26,21-13-6-4-7-14-21)22-15-8-5-9-16-22/h4-9,13-16,26H,1,10-12,17-18H2,2-3H3. The monoisotopic (exact) mass is 444 g/mol. The minimum atomic E-state index is -2.94. The minimum Gasteiger partial charge on any atom is -0.424 e. The number of carbonyl (C=O) groups excluding carboxylic acids is 1. The van der Waals surface area contributed by atoms with Crippen LogP contribution in [0.2, 0.25) is 5.04 Å². The van der Waals surface area contributed by atoms with Gasteiger partial charge in [0.15, 0.2) is 0 Å². The van der Waals surface area contributed by atoms with Crippen LogP contribution in [0, 0.1) is 0 Å². The van der Waals surface area contributed by atoms with Crippen LogP contribution in [-0.4, -0.2) is 18.9 Å². The molecule has 0 aromatic heterocycles. The SMILES string of the molecule is C=C(Br)CC(=O)CCCCC(C)(C)[Si](O)(c1ccccc1)c1ccccc1. The molecular weight excluding hydrogens is 416 g/mol. The van der Waals surface area contributed by atoms with Gasteiger partial charge in [0.1, 0.15) is 5.78 Å². The molecule has 144 valence electrons. The molecule has 0 radical (unpaired) electrons. The molecule has 0 fully saturated rings. The van der Waals surface area contributed by atoms with Crippen LogP contribution in [-0.2, 0) is 4.79 Å². The quantitative estimate of drug-likeness (QED) is 0.415. The Morgan fingerprint density at radius 2 is 1.48 bits per heavy atom. The molecule has 0 aliphatic carbocycles. The van der Waals surface area contributed by atoms with Gasteiger partial charge < -0.3 is 4.80 Å². The fourth-order valence-electron chi connectivity index (χ4n) is 3.68. The summed E-state index contributed by atoms with van der Waals surface area (Å²) in [6.45, 7) is 8.07. The second kappa shape index (κ2) is 9.63. The van der Waals surface area contributed by atoms with E-state index >= 15 is 0 Å². The minimum absolute atomic E-state index is 0.216. The average Bonchev–Trinajstić information content (AvgIpc) is 2.65. The average molecular weight is 445 g/mol. The van der Waals surface area contributed by atoms with E-state index in [4.69, 9.17) is 0 Å². The first kappa shape index (κ1) is 21.8. The summed E-state index contributed by atoms with van der Waals surface area (Å²) in [6.07, 6.45) is 3.61. The van der Waals surface area contributed by atoms with E-state index in [1.807, 2.05) is 60.7 Å². The molecule has 4 heteroatoms. The summed E-state index contributed by atoms with van der Waals surface area (Å²) in [5.74, 6) is 0.216. The fraction of sp³-hybridized carbons (Fsp3) is 0.348. The summed E-state index contributed by atoms with van der Waals surface area (Å²) in [7, 11) is -2.94. The first-order chi connectivity index (χ1) is 12.8. The molecular formula is C23H29BrO2Si. The van der Waals surface area contributed by atoms with E-state index in [0.717, 1.165) is 34.1 Å². The molecule has 0 aliphatic heterocycles. The first-order valence-electron chi connectivity index (χ1n) is 9.46. The molecule has 0 heterocycles. The van der Waals surface area contributed by atoms with Crippen molar-refractivity contribution in [2.75, 3.05) is 0 Å². The van der Waals surface area contributed by atoms with Gasteiger partial charge in [-0.05, 0) is 32.7 Å². The predicted octanol–water partition coefficient (Wildman–Crippen LogP) is 4.95. The zero-order valence-electron chi connectivity index (χ0n) is 16.2. The topological polar surface area (TPSA) is 37.3 Å². The van der Waals surface area contributed by atoms with E-state index in [9.17, 15) is 9.59 Å². The van der Waals surface area contributed by atoms with Crippen molar-refractivity contribution in [3.05, 3.63) is 71.7 Å². The number of hydrogen-bond acceptors (Lipinski definition) is 2. The fourth-order valence-corrected chi connectivity index (χ4v) is 7.78. The van der Waals surface area contributed by atoms with E-state index in [2.05, 4.69) is 36.4 Å². The van der Waals surface area contributed by atoms with Gasteiger partial charge in [-0.2, -0.15) is 0 Å². The van der Waals surface area contributed by atoms with Gasteiger partial charge in [0.2, 0.25) is 0 Å². The Morgan fingerprint density at radius 1 is 1.00 bits per heavy atom. The molecule has 27 heavy (non-hydrogen) atoms. The number of carbonyl (C=O) groups is 1. The number of unbranched alkanes of at least 4 members (excludes halogenated alkanes) is 1. The Kier molecular flexibility index (Phi) is 7.77. The smallest absolute Gasteiger partial charge is 0.258 e. The molecule has 0 atom stereocenters. The van der Waals surface area contributed by atoms with E-state index < -0.39 is 8.32 Å². The molecule has 0 saturated carbocycles. The lowest BCUT2D eigenvalue weighted by molar-refractivity contribution is -0.118. The molecule has 0 saturated heterocycles. The molecule has 2 aromatic rings. The van der Waals surface area contributed by atoms with Crippen LogP contribution in [0.15, 0.2) is 71.7 Å². The molecule has 0 bridgehead atoms. The Bertz CT molecular complexity index is 717. The van der Waals surface area contributed by atoms with Crippen molar-refractivity contribution in [3.8, 4) is 0 Å². The van der Waals surface area contributed by atoms with Gasteiger partial charge in [-0.25, -0.2) is 0 Å². The Balaban J connectivity index is 2.17. The van der Waals surface area contributed by atoms with Crippen LogP contribution < -0.4 is 10.4 Å². The zero-order chi connectivity index (χ0) is 19.9.